The van der Waals surface area contributed by atoms with Crippen molar-refractivity contribution >= 4 is 17.6 Å². The number of nitrogens with zero attached hydrogens (tertiary/aromatic N) is 2. The van der Waals surface area contributed by atoms with Gasteiger partial charge in [-0.15, -0.1) is 0 Å². The van der Waals surface area contributed by atoms with E-state index in [1.807, 2.05) is 27.7 Å². The third-order valence-electron chi connectivity index (χ3n) is 4.19. The van der Waals surface area contributed by atoms with Gasteiger partial charge < -0.3 is 15.1 Å². The lowest BCUT2D eigenvalue weighted by Crippen LogP contribution is -2.52. The molecular weight excluding hydrogens is 350 g/mol. The number of carbonyl (C=O) groups is 2. The Kier molecular flexibility index (Phi) is 4.88. The minimum absolute atomic E-state index is 0.0296. The Balaban J connectivity index is 1.94. The van der Waals surface area contributed by atoms with Crippen LogP contribution in [0.1, 0.15) is 56.5 Å². The molecule has 3 heterocycles. The molecule has 2 amide bonds. The second-order valence-corrected chi connectivity index (χ2v) is 7.65. The second kappa shape index (κ2) is 6.99. The summed E-state index contributed by atoms with van der Waals surface area (Å²) in [5.41, 5.74) is 0.171. The monoisotopic (exact) mass is 373 g/mol. The van der Waals surface area contributed by atoms with Gasteiger partial charge in [0.2, 0.25) is 5.91 Å². The molecule has 0 spiro atoms. The molecule has 3 N–H and O–H groups in total. The first-order valence-corrected chi connectivity index (χ1v) is 8.69. The van der Waals surface area contributed by atoms with E-state index in [0.717, 1.165) is 12.0 Å². The topological polar surface area (TPSA) is 118 Å². The number of rotatable bonds is 3. The van der Waals surface area contributed by atoms with Gasteiger partial charge in [-0.3, -0.25) is 14.9 Å². The Labute approximate surface area is 156 Å². The van der Waals surface area contributed by atoms with E-state index in [1.54, 1.807) is 10.7 Å². The maximum atomic E-state index is 12.5. The summed E-state index contributed by atoms with van der Waals surface area (Å²) >= 11 is 0. The van der Waals surface area contributed by atoms with Crippen LogP contribution < -0.4 is 21.6 Å². The predicted molar refractivity (Wildman–Crippen MR) is 98.3 cm³/mol. The van der Waals surface area contributed by atoms with E-state index in [4.69, 9.17) is 4.42 Å². The van der Waals surface area contributed by atoms with Crippen molar-refractivity contribution in [2.75, 3.05) is 5.32 Å². The summed E-state index contributed by atoms with van der Waals surface area (Å²) in [5, 5.41) is 13.4. The van der Waals surface area contributed by atoms with Gasteiger partial charge >= 0.3 is 5.63 Å². The second-order valence-electron chi connectivity index (χ2n) is 7.65. The molecule has 1 fully saturated rings. The SMILES string of the molecule is CC1CC(=O)NC(n2nc(C(C)(C)C)cc2NC(=O)c2ccc(=O)oc2)N1. The molecular formula is C18H23N5O4. The van der Waals surface area contributed by atoms with Gasteiger partial charge in [-0.05, 0) is 13.0 Å². The summed E-state index contributed by atoms with van der Waals surface area (Å²) in [6, 6.07) is 4.30. The fraction of sp³-hybridized carbons (Fsp3) is 0.444. The van der Waals surface area contributed by atoms with Gasteiger partial charge in [0.15, 0.2) is 6.29 Å². The highest BCUT2D eigenvalue weighted by molar-refractivity contribution is 6.03. The number of hydrogen-bond donors (Lipinski definition) is 3. The summed E-state index contributed by atoms with van der Waals surface area (Å²) in [6.45, 7) is 7.93. The fourth-order valence-electron chi connectivity index (χ4n) is 2.72. The third-order valence-corrected chi connectivity index (χ3v) is 4.19. The van der Waals surface area contributed by atoms with Crippen molar-refractivity contribution < 1.29 is 14.0 Å². The standard InChI is InChI=1S/C18H23N5O4/c1-10-7-14(24)21-17(19-10)23-13(8-12(22-23)18(2,3)4)20-16(26)11-5-6-15(25)27-9-11/h5-6,8-10,17,19H,7H2,1-4H3,(H,20,26)(H,21,24). The molecule has 0 aromatic carbocycles. The van der Waals surface area contributed by atoms with E-state index in [1.165, 1.54) is 12.1 Å². The Morgan fingerprint density at radius 1 is 1.33 bits per heavy atom. The van der Waals surface area contributed by atoms with Crippen molar-refractivity contribution in [3.8, 4) is 0 Å². The molecule has 9 heteroatoms. The first-order chi connectivity index (χ1) is 12.6. The normalized spacial score (nSPS) is 20.2. The van der Waals surface area contributed by atoms with Crippen molar-refractivity contribution in [3.63, 3.8) is 0 Å². The maximum absolute atomic E-state index is 12.5. The van der Waals surface area contributed by atoms with E-state index < -0.39 is 17.8 Å². The average Bonchev–Trinajstić information content (AvgIpc) is 2.98. The van der Waals surface area contributed by atoms with Crippen molar-refractivity contribution in [2.24, 2.45) is 0 Å². The van der Waals surface area contributed by atoms with Gasteiger partial charge in [0.1, 0.15) is 12.1 Å². The zero-order valence-corrected chi connectivity index (χ0v) is 15.7. The molecule has 2 aromatic heterocycles. The first-order valence-electron chi connectivity index (χ1n) is 8.69. The van der Waals surface area contributed by atoms with Crippen LogP contribution in [0.15, 0.2) is 33.7 Å². The van der Waals surface area contributed by atoms with Crippen LogP contribution in [0.2, 0.25) is 0 Å². The van der Waals surface area contributed by atoms with Crippen molar-refractivity contribution in [2.45, 2.75) is 51.9 Å². The molecule has 0 saturated carbocycles. The molecule has 2 unspecified atom stereocenters. The van der Waals surface area contributed by atoms with Crippen molar-refractivity contribution in [1.82, 2.24) is 20.4 Å². The molecule has 3 rings (SSSR count). The van der Waals surface area contributed by atoms with Crippen LogP contribution in [0.3, 0.4) is 0 Å². The minimum atomic E-state index is -0.582. The van der Waals surface area contributed by atoms with Gasteiger partial charge in [0.25, 0.3) is 5.91 Å². The first kappa shape index (κ1) is 18.8. The van der Waals surface area contributed by atoms with Gasteiger partial charge in [-0.2, -0.15) is 5.10 Å². The largest absolute Gasteiger partial charge is 0.430 e. The number of hydrogen-bond acceptors (Lipinski definition) is 6. The Morgan fingerprint density at radius 2 is 2.07 bits per heavy atom. The van der Waals surface area contributed by atoms with Gasteiger partial charge in [-0.25, -0.2) is 9.48 Å². The highest BCUT2D eigenvalue weighted by Crippen LogP contribution is 2.26. The molecule has 27 heavy (non-hydrogen) atoms. The number of nitrogens with one attached hydrogen (secondary N) is 3. The molecule has 1 saturated heterocycles. The summed E-state index contributed by atoms with van der Waals surface area (Å²) in [5.74, 6) is -0.125. The lowest BCUT2D eigenvalue weighted by Gasteiger charge is -2.30. The summed E-state index contributed by atoms with van der Waals surface area (Å²) in [6.07, 6.45) is 0.891. The predicted octanol–water partition coefficient (Wildman–Crippen LogP) is 1.34. The Morgan fingerprint density at radius 3 is 2.67 bits per heavy atom. The van der Waals surface area contributed by atoms with E-state index in [-0.39, 0.29) is 22.9 Å². The molecule has 9 nitrogen and oxygen atoms in total. The Hall–Kier alpha value is -2.94. The van der Waals surface area contributed by atoms with E-state index in [0.29, 0.717) is 12.2 Å². The van der Waals surface area contributed by atoms with Crippen LogP contribution in [0.25, 0.3) is 0 Å². The quantitative estimate of drug-likeness (QED) is 0.747. The van der Waals surface area contributed by atoms with Gasteiger partial charge in [0.05, 0.1) is 11.3 Å². The molecule has 2 aromatic rings. The molecule has 1 aliphatic heterocycles. The molecule has 0 radical (unpaired) electrons. The van der Waals surface area contributed by atoms with Crippen LogP contribution in [0.5, 0.6) is 0 Å². The van der Waals surface area contributed by atoms with Crippen LogP contribution in [-0.4, -0.2) is 27.6 Å². The smallest absolute Gasteiger partial charge is 0.335 e. The van der Waals surface area contributed by atoms with Gasteiger partial charge in [-0.1, -0.05) is 20.8 Å². The molecule has 1 aliphatic rings. The number of anilines is 1. The summed E-state index contributed by atoms with van der Waals surface area (Å²) in [7, 11) is 0. The van der Waals surface area contributed by atoms with Crippen LogP contribution in [0.4, 0.5) is 5.82 Å². The highest BCUT2D eigenvalue weighted by Gasteiger charge is 2.29. The number of carbonyl (C=O) groups excluding carboxylic acids is 2. The molecule has 0 bridgehead atoms. The zero-order chi connectivity index (χ0) is 19.8. The van der Waals surface area contributed by atoms with Crippen LogP contribution in [0, 0.1) is 0 Å². The summed E-state index contributed by atoms with van der Waals surface area (Å²) in [4.78, 5) is 35.5. The van der Waals surface area contributed by atoms with E-state index in [9.17, 15) is 14.4 Å². The lowest BCUT2D eigenvalue weighted by atomic mass is 9.92. The minimum Gasteiger partial charge on any atom is -0.430 e. The van der Waals surface area contributed by atoms with Crippen molar-refractivity contribution in [3.05, 3.63) is 46.1 Å². The molecule has 0 aliphatic carbocycles. The third kappa shape index (κ3) is 4.25. The molecule has 144 valence electrons. The highest BCUT2D eigenvalue weighted by atomic mass is 16.4. The van der Waals surface area contributed by atoms with Crippen LogP contribution >= 0.6 is 0 Å². The number of aromatic nitrogens is 2. The van der Waals surface area contributed by atoms with Gasteiger partial charge in [0, 0.05) is 30.0 Å². The maximum Gasteiger partial charge on any atom is 0.335 e. The fourth-order valence-corrected chi connectivity index (χ4v) is 2.72. The molecule has 2 atom stereocenters. The van der Waals surface area contributed by atoms with E-state index in [2.05, 4.69) is 21.0 Å². The van der Waals surface area contributed by atoms with Crippen LogP contribution in [-0.2, 0) is 10.2 Å². The average molecular weight is 373 g/mol. The zero-order valence-electron chi connectivity index (χ0n) is 15.7. The Bertz CT molecular complexity index is 904. The van der Waals surface area contributed by atoms with Crippen molar-refractivity contribution in [1.29, 1.82) is 0 Å². The van der Waals surface area contributed by atoms with E-state index >= 15 is 0 Å². The summed E-state index contributed by atoms with van der Waals surface area (Å²) < 4.78 is 6.29. The number of amides is 2. The lowest BCUT2D eigenvalue weighted by molar-refractivity contribution is -0.125.